The predicted octanol–water partition coefficient (Wildman–Crippen LogP) is 2.21. The van der Waals surface area contributed by atoms with Gasteiger partial charge >= 0.3 is 5.97 Å². The van der Waals surface area contributed by atoms with Gasteiger partial charge in [-0.05, 0) is 31.3 Å². The van der Waals surface area contributed by atoms with Gasteiger partial charge < -0.3 is 19.3 Å². The molecule has 0 unspecified atom stereocenters. The van der Waals surface area contributed by atoms with Crippen LogP contribution in [0.5, 0.6) is 0 Å². The summed E-state index contributed by atoms with van der Waals surface area (Å²) in [5, 5.41) is 14.4. The van der Waals surface area contributed by atoms with Gasteiger partial charge in [0.1, 0.15) is 0 Å². The van der Waals surface area contributed by atoms with E-state index in [1.807, 2.05) is 4.90 Å². The fourth-order valence-electron chi connectivity index (χ4n) is 3.52. The predicted molar refractivity (Wildman–Crippen MR) is 92.3 cm³/mol. The maximum Gasteiger partial charge on any atom is 0.343 e. The molecule has 2 aliphatic rings. The summed E-state index contributed by atoms with van der Waals surface area (Å²) in [5.74, 6) is -0.475. The fourth-order valence-corrected chi connectivity index (χ4v) is 3.65. The minimum Gasteiger partial charge on any atom is -0.477 e. The lowest BCUT2D eigenvalue weighted by Gasteiger charge is -2.33. The Balaban J connectivity index is 1.69. The highest BCUT2D eigenvalue weighted by molar-refractivity contribution is 6.30. The number of aromatic carboxylic acids is 1. The number of anilines is 1. The number of hydrogen-bond donors (Lipinski definition) is 1. The molecule has 2 aliphatic heterocycles. The van der Waals surface area contributed by atoms with Gasteiger partial charge in [-0.15, -0.1) is 0 Å². The molecular formula is C17H18ClN3O4. The van der Waals surface area contributed by atoms with Gasteiger partial charge in [0.25, 0.3) is 0 Å². The lowest BCUT2D eigenvalue weighted by molar-refractivity contribution is -0.0362. The topological polar surface area (TPSA) is 79.0 Å². The molecule has 1 aromatic carbocycles. The Bertz CT molecular complexity index is 792. The Kier molecular flexibility index (Phi) is 4.15. The summed E-state index contributed by atoms with van der Waals surface area (Å²) in [5.41, 5.74) is 0.703. The molecule has 7 nitrogen and oxygen atoms in total. The van der Waals surface area contributed by atoms with Gasteiger partial charge in [-0.25, -0.2) is 4.79 Å². The summed E-state index contributed by atoms with van der Waals surface area (Å²) < 4.78 is 11.2. The van der Waals surface area contributed by atoms with Crippen LogP contribution in [-0.2, 0) is 4.74 Å². The van der Waals surface area contributed by atoms with Crippen molar-refractivity contribution in [3.63, 3.8) is 0 Å². The van der Waals surface area contributed by atoms with Crippen LogP contribution < -0.4 is 4.90 Å². The first-order chi connectivity index (χ1) is 12.0. The van der Waals surface area contributed by atoms with Gasteiger partial charge in [-0.2, -0.15) is 0 Å². The number of morpholine rings is 1. The monoisotopic (exact) mass is 363 g/mol. The third-order valence-corrected chi connectivity index (χ3v) is 5.12. The van der Waals surface area contributed by atoms with E-state index >= 15 is 0 Å². The van der Waals surface area contributed by atoms with Crippen molar-refractivity contribution in [1.29, 1.82) is 0 Å². The fraction of sp³-hybridized carbons (Fsp3) is 0.412. The molecule has 0 bridgehead atoms. The zero-order valence-electron chi connectivity index (χ0n) is 13.7. The molecule has 4 rings (SSSR count). The van der Waals surface area contributed by atoms with Crippen LogP contribution in [-0.4, -0.2) is 66.6 Å². The molecule has 0 radical (unpaired) electrons. The molecule has 2 fully saturated rings. The molecular weight excluding hydrogens is 346 g/mol. The molecule has 2 saturated heterocycles. The van der Waals surface area contributed by atoms with Crippen molar-refractivity contribution in [2.24, 2.45) is 0 Å². The minimum atomic E-state index is -1.06. The Morgan fingerprint density at radius 1 is 1.32 bits per heavy atom. The SMILES string of the molecule is CN1CCO[C@H]2CN(c3noc(-c4ccc(Cl)cc4)c3C(=O)O)C[C@@H]21. The van der Waals surface area contributed by atoms with Crippen molar-refractivity contribution >= 4 is 23.4 Å². The van der Waals surface area contributed by atoms with E-state index in [1.165, 1.54) is 0 Å². The third kappa shape index (κ3) is 2.88. The van der Waals surface area contributed by atoms with E-state index in [9.17, 15) is 9.90 Å². The third-order valence-electron chi connectivity index (χ3n) is 4.87. The summed E-state index contributed by atoms with van der Waals surface area (Å²) in [6, 6.07) is 7.06. The van der Waals surface area contributed by atoms with E-state index < -0.39 is 5.97 Å². The van der Waals surface area contributed by atoms with E-state index in [1.54, 1.807) is 24.3 Å². The summed E-state index contributed by atoms with van der Waals surface area (Å²) in [6.07, 6.45) is 0.0519. The number of ether oxygens (including phenoxy) is 1. The molecule has 25 heavy (non-hydrogen) atoms. The summed E-state index contributed by atoms with van der Waals surface area (Å²) in [6.45, 7) is 2.82. The second kappa shape index (κ2) is 6.33. The molecule has 3 heterocycles. The van der Waals surface area contributed by atoms with Crippen LogP contribution in [0.25, 0.3) is 11.3 Å². The molecule has 8 heteroatoms. The van der Waals surface area contributed by atoms with Crippen LogP contribution in [0.15, 0.2) is 28.8 Å². The van der Waals surface area contributed by atoms with Crippen LogP contribution in [0.1, 0.15) is 10.4 Å². The van der Waals surface area contributed by atoms with E-state index in [2.05, 4.69) is 17.1 Å². The Morgan fingerprint density at radius 3 is 2.76 bits per heavy atom. The maximum atomic E-state index is 11.9. The summed E-state index contributed by atoms with van der Waals surface area (Å²) >= 11 is 5.90. The van der Waals surface area contributed by atoms with Crippen molar-refractivity contribution in [2.45, 2.75) is 12.1 Å². The number of halogens is 1. The average molecular weight is 364 g/mol. The van der Waals surface area contributed by atoms with E-state index in [0.717, 1.165) is 6.54 Å². The molecule has 1 N–H and O–H groups in total. The van der Waals surface area contributed by atoms with E-state index in [0.29, 0.717) is 36.1 Å². The maximum absolute atomic E-state index is 11.9. The quantitative estimate of drug-likeness (QED) is 0.895. The molecule has 2 aromatic rings. The van der Waals surface area contributed by atoms with Crippen LogP contribution >= 0.6 is 11.6 Å². The van der Waals surface area contributed by atoms with Gasteiger partial charge in [-0.3, -0.25) is 4.90 Å². The number of nitrogens with zero attached hydrogens (tertiary/aromatic N) is 3. The number of carboxylic acids is 1. The molecule has 0 saturated carbocycles. The number of aromatic nitrogens is 1. The normalized spacial score (nSPS) is 23.7. The number of likely N-dealkylation sites (N-methyl/N-ethyl adjacent to an activating group) is 1. The number of benzene rings is 1. The first-order valence-electron chi connectivity index (χ1n) is 8.10. The van der Waals surface area contributed by atoms with Crippen molar-refractivity contribution < 1.29 is 19.2 Å². The smallest absolute Gasteiger partial charge is 0.343 e. The second-order valence-corrected chi connectivity index (χ2v) is 6.82. The first-order valence-corrected chi connectivity index (χ1v) is 8.48. The van der Waals surface area contributed by atoms with Crippen molar-refractivity contribution in [2.75, 3.05) is 38.2 Å². The molecule has 0 spiro atoms. The van der Waals surface area contributed by atoms with E-state index in [-0.39, 0.29) is 23.5 Å². The van der Waals surface area contributed by atoms with Crippen molar-refractivity contribution in [3.05, 3.63) is 34.9 Å². The van der Waals surface area contributed by atoms with Crippen molar-refractivity contribution in [3.8, 4) is 11.3 Å². The lowest BCUT2D eigenvalue weighted by atomic mass is 10.1. The van der Waals surface area contributed by atoms with Gasteiger partial charge in [0.15, 0.2) is 17.1 Å². The van der Waals surface area contributed by atoms with Gasteiger partial charge in [0.2, 0.25) is 0 Å². The summed E-state index contributed by atoms with van der Waals surface area (Å²) in [4.78, 5) is 16.1. The lowest BCUT2D eigenvalue weighted by Crippen LogP contribution is -2.48. The molecule has 0 amide bonds. The number of rotatable bonds is 3. The zero-order chi connectivity index (χ0) is 17.6. The van der Waals surface area contributed by atoms with Gasteiger partial charge in [0.05, 0.1) is 18.8 Å². The minimum absolute atomic E-state index is 0.0519. The average Bonchev–Trinajstić information content (AvgIpc) is 3.20. The van der Waals surface area contributed by atoms with Crippen LogP contribution in [0.4, 0.5) is 5.82 Å². The number of fused-ring (bicyclic) bond motifs is 1. The van der Waals surface area contributed by atoms with Gasteiger partial charge in [-0.1, -0.05) is 16.8 Å². The zero-order valence-corrected chi connectivity index (χ0v) is 14.4. The van der Waals surface area contributed by atoms with Crippen molar-refractivity contribution in [1.82, 2.24) is 10.1 Å². The van der Waals surface area contributed by atoms with Gasteiger partial charge in [0, 0.05) is 30.2 Å². The first kappa shape index (κ1) is 16.4. The highest BCUT2D eigenvalue weighted by Crippen LogP contribution is 2.35. The van der Waals surface area contributed by atoms with Crippen LogP contribution in [0, 0.1) is 0 Å². The van der Waals surface area contributed by atoms with Crippen LogP contribution in [0.3, 0.4) is 0 Å². The molecule has 1 aromatic heterocycles. The standard InChI is InChI=1S/C17H18ClN3O4/c1-20-6-7-24-13-9-21(8-12(13)20)16-14(17(22)23)15(25-19-16)10-2-4-11(18)5-3-10/h2-5,12-13H,6-9H2,1H3,(H,22,23)/t12-,13-/m0/s1. The Hall–Kier alpha value is -2.09. The number of carboxylic acid groups (broad SMARTS) is 1. The molecule has 132 valence electrons. The Morgan fingerprint density at radius 2 is 2.08 bits per heavy atom. The van der Waals surface area contributed by atoms with E-state index in [4.69, 9.17) is 20.9 Å². The van der Waals surface area contributed by atoms with Crippen LogP contribution in [0.2, 0.25) is 5.02 Å². The highest BCUT2D eigenvalue weighted by atomic mass is 35.5. The largest absolute Gasteiger partial charge is 0.477 e. The Labute approximate surface area is 149 Å². The highest BCUT2D eigenvalue weighted by Gasteiger charge is 2.41. The number of hydrogen-bond acceptors (Lipinski definition) is 6. The molecule has 2 atom stereocenters. The second-order valence-electron chi connectivity index (χ2n) is 6.38. The number of carbonyl (C=O) groups is 1. The summed E-state index contributed by atoms with van der Waals surface area (Å²) in [7, 11) is 2.06. The molecule has 0 aliphatic carbocycles.